The molecule has 0 aromatic rings. The lowest BCUT2D eigenvalue weighted by Gasteiger charge is -2.26. The largest absolute Gasteiger partial charge is 0.481 e. The van der Waals surface area contributed by atoms with E-state index in [1.807, 2.05) is 18.7 Å². The zero-order valence-electron chi connectivity index (χ0n) is 12.7. The van der Waals surface area contributed by atoms with Crippen molar-refractivity contribution in [2.75, 3.05) is 19.6 Å². The number of hydrogen-bond donors (Lipinski definition) is 2. The third kappa shape index (κ3) is 6.26. The number of rotatable bonds is 5. The van der Waals surface area contributed by atoms with E-state index in [1.165, 1.54) is 19.3 Å². The molecule has 5 heteroatoms. The number of carbonyl (C=O) groups is 2. The minimum Gasteiger partial charge on any atom is -0.481 e. The second kappa shape index (κ2) is 8.82. The molecule has 1 aliphatic rings. The number of amides is 2. The first-order chi connectivity index (χ1) is 9.50. The molecule has 0 aromatic heterocycles. The summed E-state index contributed by atoms with van der Waals surface area (Å²) in [7, 11) is 0. The van der Waals surface area contributed by atoms with E-state index in [4.69, 9.17) is 5.11 Å². The molecule has 1 heterocycles. The summed E-state index contributed by atoms with van der Waals surface area (Å²) >= 11 is 0. The topological polar surface area (TPSA) is 69.6 Å². The number of carbonyl (C=O) groups excluding carboxylic acids is 1. The molecule has 0 spiro atoms. The van der Waals surface area contributed by atoms with E-state index in [0.29, 0.717) is 12.3 Å². The third-order valence-electron chi connectivity index (χ3n) is 3.75. The summed E-state index contributed by atoms with van der Waals surface area (Å²) in [5.74, 6) is -1.00. The molecule has 5 nitrogen and oxygen atoms in total. The van der Waals surface area contributed by atoms with Gasteiger partial charge < -0.3 is 15.3 Å². The Morgan fingerprint density at radius 1 is 1.10 bits per heavy atom. The number of hydrogen-bond acceptors (Lipinski definition) is 2. The fourth-order valence-electron chi connectivity index (χ4n) is 2.61. The fourth-order valence-corrected chi connectivity index (χ4v) is 2.61. The Kier molecular flexibility index (Phi) is 7.41. The lowest BCUT2D eigenvalue weighted by Crippen LogP contribution is -2.44. The maximum atomic E-state index is 12.1. The van der Waals surface area contributed by atoms with Crippen molar-refractivity contribution in [2.45, 2.75) is 52.4 Å². The maximum Gasteiger partial charge on any atom is 0.317 e. The van der Waals surface area contributed by atoms with Gasteiger partial charge in [-0.05, 0) is 25.2 Å². The molecule has 2 amide bonds. The summed E-state index contributed by atoms with van der Waals surface area (Å²) in [5, 5.41) is 12.0. The highest BCUT2D eigenvalue weighted by molar-refractivity contribution is 5.76. The van der Waals surface area contributed by atoms with Crippen molar-refractivity contribution in [1.29, 1.82) is 0 Å². The van der Waals surface area contributed by atoms with Gasteiger partial charge in [-0.2, -0.15) is 0 Å². The number of urea groups is 1. The van der Waals surface area contributed by atoms with Gasteiger partial charge in [0.1, 0.15) is 0 Å². The fraction of sp³-hybridized carbons (Fsp3) is 0.867. The van der Waals surface area contributed by atoms with Crippen molar-refractivity contribution in [3.8, 4) is 0 Å². The molecule has 1 rings (SSSR count). The molecule has 1 saturated heterocycles. The summed E-state index contributed by atoms with van der Waals surface area (Å²) < 4.78 is 0. The molecule has 0 aliphatic carbocycles. The molecule has 1 atom stereocenters. The average molecular weight is 284 g/mol. The summed E-state index contributed by atoms with van der Waals surface area (Å²) in [5.41, 5.74) is 0. The van der Waals surface area contributed by atoms with Gasteiger partial charge in [0.2, 0.25) is 0 Å². The maximum absolute atomic E-state index is 12.1. The first kappa shape index (κ1) is 16.8. The Morgan fingerprint density at radius 2 is 1.65 bits per heavy atom. The Morgan fingerprint density at radius 3 is 2.15 bits per heavy atom. The number of carboxylic acid groups (broad SMARTS) is 1. The Hall–Kier alpha value is -1.26. The Balaban J connectivity index is 2.40. The number of likely N-dealkylation sites (tertiary alicyclic amines) is 1. The van der Waals surface area contributed by atoms with Crippen molar-refractivity contribution in [2.24, 2.45) is 11.8 Å². The standard InChI is InChI=1S/C15H28N2O3/c1-12(2)10-13(14(18)19)11-16-15(20)17-8-6-4-3-5-7-9-17/h12-13H,3-11H2,1-2H3,(H,16,20)(H,18,19). The van der Waals surface area contributed by atoms with Crippen LogP contribution in [0, 0.1) is 11.8 Å². The second-order valence-electron chi connectivity index (χ2n) is 6.11. The highest BCUT2D eigenvalue weighted by Crippen LogP contribution is 2.13. The lowest BCUT2D eigenvalue weighted by molar-refractivity contribution is -0.142. The van der Waals surface area contributed by atoms with Crippen LogP contribution in [0.3, 0.4) is 0 Å². The number of carboxylic acids is 1. The van der Waals surface area contributed by atoms with Gasteiger partial charge >= 0.3 is 12.0 Å². The van der Waals surface area contributed by atoms with Crippen LogP contribution in [-0.4, -0.2) is 41.6 Å². The minimum atomic E-state index is -0.827. The summed E-state index contributed by atoms with van der Waals surface area (Å²) in [6, 6.07) is -0.109. The van der Waals surface area contributed by atoms with E-state index in [1.54, 1.807) is 0 Å². The van der Waals surface area contributed by atoms with Gasteiger partial charge in [0.05, 0.1) is 5.92 Å². The monoisotopic (exact) mass is 284 g/mol. The first-order valence-corrected chi connectivity index (χ1v) is 7.76. The minimum absolute atomic E-state index is 0.109. The first-order valence-electron chi connectivity index (χ1n) is 7.76. The van der Waals surface area contributed by atoms with Crippen LogP contribution in [0.4, 0.5) is 4.79 Å². The summed E-state index contributed by atoms with van der Waals surface area (Å²) in [6.45, 7) is 5.79. The Bertz CT molecular complexity index is 310. The Labute approximate surface area is 121 Å². The molecule has 0 aromatic carbocycles. The zero-order chi connectivity index (χ0) is 15.0. The molecule has 0 radical (unpaired) electrons. The van der Waals surface area contributed by atoms with Crippen molar-refractivity contribution >= 4 is 12.0 Å². The molecule has 1 unspecified atom stereocenters. The van der Waals surface area contributed by atoms with E-state index in [9.17, 15) is 9.59 Å². The van der Waals surface area contributed by atoms with E-state index in [2.05, 4.69) is 5.32 Å². The van der Waals surface area contributed by atoms with Crippen LogP contribution in [-0.2, 0) is 4.79 Å². The van der Waals surface area contributed by atoms with Crippen molar-refractivity contribution in [1.82, 2.24) is 10.2 Å². The van der Waals surface area contributed by atoms with Gasteiger partial charge in [-0.25, -0.2) is 4.79 Å². The molecule has 2 N–H and O–H groups in total. The SMILES string of the molecule is CC(C)CC(CNC(=O)N1CCCCCCC1)C(=O)O. The summed E-state index contributed by atoms with van der Waals surface area (Å²) in [6.07, 6.45) is 6.29. The molecular weight excluding hydrogens is 256 g/mol. The third-order valence-corrected chi connectivity index (χ3v) is 3.75. The zero-order valence-corrected chi connectivity index (χ0v) is 12.7. The van der Waals surface area contributed by atoms with Crippen LogP contribution >= 0.6 is 0 Å². The van der Waals surface area contributed by atoms with Gasteiger partial charge in [-0.1, -0.05) is 33.1 Å². The highest BCUT2D eigenvalue weighted by Gasteiger charge is 2.21. The molecule has 1 fully saturated rings. The van der Waals surface area contributed by atoms with E-state index < -0.39 is 11.9 Å². The molecule has 116 valence electrons. The second-order valence-corrected chi connectivity index (χ2v) is 6.11. The van der Waals surface area contributed by atoms with Gasteiger partial charge in [0.15, 0.2) is 0 Å². The van der Waals surface area contributed by atoms with Crippen LogP contribution in [0.5, 0.6) is 0 Å². The molecular formula is C15H28N2O3. The predicted octanol–water partition coefficient (Wildman–Crippen LogP) is 2.71. The average Bonchev–Trinajstić information content (AvgIpc) is 2.32. The van der Waals surface area contributed by atoms with Crippen LogP contribution in [0.2, 0.25) is 0 Å². The van der Waals surface area contributed by atoms with E-state index in [0.717, 1.165) is 25.9 Å². The summed E-state index contributed by atoms with van der Waals surface area (Å²) in [4.78, 5) is 25.1. The van der Waals surface area contributed by atoms with Gasteiger partial charge in [-0.15, -0.1) is 0 Å². The van der Waals surface area contributed by atoms with Crippen LogP contribution in [0.15, 0.2) is 0 Å². The lowest BCUT2D eigenvalue weighted by atomic mass is 9.97. The highest BCUT2D eigenvalue weighted by atomic mass is 16.4. The van der Waals surface area contributed by atoms with E-state index >= 15 is 0 Å². The van der Waals surface area contributed by atoms with Crippen LogP contribution < -0.4 is 5.32 Å². The van der Waals surface area contributed by atoms with Gasteiger partial charge in [0.25, 0.3) is 0 Å². The van der Waals surface area contributed by atoms with E-state index in [-0.39, 0.29) is 12.6 Å². The van der Waals surface area contributed by atoms with Gasteiger partial charge in [-0.3, -0.25) is 4.79 Å². The number of aliphatic carboxylic acids is 1. The normalized spacial score (nSPS) is 18.2. The number of nitrogens with zero attached hydrogens (tertiary/aromatic N) is 1. The van der Waals surface area contributed by atoms with Crippen molar-refractivity contribution < 1.29 is 14.7 Å². The molecule has 0 saturated carbocycles. The van der Waals surface area contributed by atoms with Crippen LogP contribution in [0.25, 0.3) is 0 Å². The smallest absolute Gasteiger partial charge is 0.317 e. The predicted molar refractivity (Wildman–Crippen MR) is 78.6 cm³/mol. The molecule has 20 heavy (non-hydrogen) atoms. The van der Waals surface area contributed by atoms with Crippen molar-refractivity contribution in [3.05, 3.63) is 0 Å². The van der Waals surface area contributed by atoms with Gasteiger partial charge in [0, 0.05) is 19.6 Å². The molecule has 1 aliphatic heterocycles. The number of nitrogens with one attached hydrogen (secondary N) is 1. The van der Waals surface area contributed by atoms with Crippen molar-refractivity contribution in [3.63, 3.8) is 0 Å². The molecule has 0 bridgehead atoms. The quantitative estimate of drug-likeness (QED) is 0.815. The van der Waals surface area contributed by atoms with Crippen LogP contribution in [0.1, 0.15) is 52.4 Å².